The van der Waals surface area contributed by atoms with Gasteiger partial charge in [0.05, 0.1) is 0 Å². The maximum atomic E-state index is 12.0. The van der Waals surface area contributed by atoms with Crippen molar-refractivity contribution in [2.24, 2.45) is 0 Å². The summed E-state index contributed by atoms with van der Waals surface area (Å²) in [4.78, 5) is 12.0. The van der Waals surface area contributed by atoms with Crippen LogP contribution in [0, 0.1) is 0 Å². The number of hydrogen-bond acceptors (Lipinski definition) is 2. The number of amides is 1. The van der Waals surface area contributed by atoms with Crippen LogP contribution in [0.1, 0.15) is 28.8 Å². The van der Waals surface area contributed by atoms with Crippen LogP contribution in [-0.4, -0.2) is 23.5 Å². The van der Waals surface area contributed by atoms with Crippen molar-refractivity contribution >= 4 is 33.6 Å². The first-order valence-electron chi connectivity index (χ1n) is 5.83. The second kappa shape index (κ2) is 6.45. The molecule has 2 nitrogen and oxygen atoms in total. The van der Waals surface area contributed by atoms with Crippen LogP contribution in [0.15, 0.2) is 24.3 Å². The quantitative estimate of drug-likeness (QED) is 0.868. The molecule has 1 atom stereocenters. The minimum absolute atomic E-state index is 0.0543. The molecular formula is C13H16BrNOS. The monoisotopic (exact) mass is 313 g/mol. The first kappa shape index (κ1) is 13.0. The van der Waals surface area contributed by atoms with Gasteiger partial charge in [0.25, 0.3) is 5.91 Å². The van der Waals surface area contributed by atoms with E-state index in [-0.39, 0.29) is 5.91 Å². The Balaban J connectivity index is 1.93. The Morgan fingerprint density at radius 3 is 2.76 bits per heavy atom. The van der Waals surface area contributed by atoms with Crippen molar-refractivity contribution in [1.82, 2.24) is 5.32 Å². The number of rotatable bonds is 3. The predicted molar refractivity (Wildman–Crippen MR) is 76.9 cm³/mol. The molecule has 0 aliphatic carbocycles. The molecule has 1 N–H and O–H groups in total. The highest BCUT2D eigenvalue weighted by molar-refractivity contribution is 9.08. The SMILES string of the molecule is O=C(NC1CCCSC1)c1ccc(CBr)cc1. The topological polar surface area (TPSA) is 29.1 Å². The van der Waals surface area contributed by atoms with E-state index < -0.39 is 0 Å². The molecule has 1 aliphatic rings. The Hall–Kier alpha value is -0.480. The summed E-state index contributed by atoms with van der Waals surface area (Å²) in [5, 5.41) is 3.93. The Bertz CT molecular complexity index is 374. The number of carbonyl (C=O) groups is 1. The van der Waals surface area contributed by atoms with Gasteiger partial charge in [-0.05, 0) is 36.3 Å². The van der Waals surface area contributed by atoms with Crippen LogP contribution < -0.4 is 5.32 Å². The van der Waals surface area contributed by atoms with E-state index in [1.54, 1.807) is 0 Å². The number of nitrogens with one attached hydrogen (secondary N) is 1. The van der Waals surface area contributed by atoms with E-state index in [1.165, 1.54) is 17.7 Å². The molecule has 92 valence electrons. The summed E-state index contributed by atoms with van der Waals surface area (Å²) < 4.78 is 0. The van der Waals surface area contributed by atoms with E-state index in [2.05, 4.69) is 21.2 Å². The molecule has 17 heavy (non-hydrogen) atoms. The van der Waals surface area contributed by atoms with E-state index in [4.69, 9.17) is 0 Å². The van der Waals surface area contributed by atoms with Crippen LogP contribution in [-0.2, 0) is 5.33 Å². The molecular weight excluding hydrogens is 298 g/mol. The second-order valence-corrected chi connectivity index (χ2v) is 5.93. The molecule has 1 aromatic carbocycles. The van der Waals surface area contributed by atoms with Gasteiger partial charge in [-0.1, -0.05) is 28.1 Å². The van der Waals surface area contributed by atoms with Crippen molar-refractivity contribution in [2.45, 2.75) is 24.2 Å². The van der Waals surface area contributed by atoms with Gasteiger partial charge in [0.1, 0.15) is 0 Å². The van der Waals surface area contributed by atoms with E-state index in [0.717, 1.165) is 23.1 Å². The first-order chi connectivity index (χ1) is 8.29. The third-order valence-electron chi connectivity index (χ3n) is 2.87. The third kappa shape index (κ3) is 3.75. The first-order valence-corrected chi connectivity index (χ1v) is 8.10. The number of carbonyl (C=O) groups excluding carboxylic acids is 1. The molecule has 1 aromatic rings. The highest BCUT2D eigenvalue weighted by Gasteiger charge is 2.16. The zero-order valence-corrected chi connectivity index (χ0v) is 12.0. The zero-order valence-electron chi connectivity index (χ0n) is 9.62. The van der Waals surface area contributed by atoms with Gasteiger partial charge < -0.3 is 5.32 Å². The Kier molecular flexibility index (Phi) is 4.92. The fourth-order valence-corrected chi connectivity index (χ4v) is 3.31. The van der Waals surface area contributed by atoms with Crippen molar-refractivity contribution < 1.29 is 4.79 Å². The molecule has 1 fully saturated rings. The molecule has 1 amide bonds. The second-order valence-electron chi connectivity index (χ2n) is 4.22. The summed E-state index contributed by atoms with van der Waals surface area (Å²) in [6.07, 6.45) is 2.32. The molecule has 4 heteroatoms. The van der Waals surface area contributed by atoms with Crippen molar-refractivity contribution in [1.29, 1.82) is 0 Å². The van der Waals surface area contributed by atoms with Gasteiger partial charge in [-0.15, -0.1) is 0 Å². The molecule has 0 spiro atoms. The van der Waals surface area contributed by atoms with Gasteiger partial charge in [0.15, 0.2) is 0 Å². The van der Waals surface area contributed by atoms with Crippen LogP contribution in [0.5, 0.6) is 0 Å². The smallest absolute Gasteiger partial charge is 0.251 e. The van der Waals surface area contributed by atoms with E-state index in [0.29, 0.717) is 6.04 Å². The highest BCUT2D eigenvalue weighted by atomic mass is 79.9. The molecule has 1 aliphatic heterocycles. The lowest BCUT2D eigenvalue weighted by Gasteiger charge is -2.22. The van der Waals surface area contributed by atoms with Crippen molar-refractivity contribution in [3.05, 3.63) is 35.4 Å². The van der Waals surface area contributed by atoms with Gasteiger partial charge in [-0.25, -0.2) is 0 Å². The van der Waals surface area contributed by atoms with Crippen LogP contribution in [0.3, 0.4) is 0 Å². The number of thioether (sulfide) groups is 1. The minimum Gasteiger partial charge on any atom is -0.348 e. The van der Waals surface area contributed by atoms with Crippen LogP contribution >= 0.6 is 27.7 Å². The van der Waals surface area contributed by atoms with Gasteiger partial charge in [0.2, 0.25) is 0 Å². The zero-order chi connectivity index (χ0) is 12.1. The summed E-state index contributed by atoms with van der Waals surface area (Å²) in [7, 11) is 0. The fourth-order valence-electron chi connectivity index (χ4n) is 1.87. The van der Waals surface area contributed by atoms with Crippen LogP contribution in [0.4, 0.5) is 0 Å². The predicted octanol–water partition coefficient (Wildman–Crippen LogP) is 3.21. The highest BCUT2D eigenvalue weighted by Crippen LogP contribution is 2.17. The third-order valence-corrected chi connectivity index (χ3v) is 4.73. The Labute approximate surface area is 115 Å². The molecule has 1 saturated heterocycles. The number of benzene rings is 1. The summed E-state index contributed by atoms with van der Waals surface area (Å²) in [6.45, 7) is 0. The number of halogens is 1. The van der Waals surface area contributed by atoms with Crippen LogP contribution in [0.2, 0.25) is 0 Å². The molecule has 1 unspecified atom stereocenters. The van der Waals surface area contributed by atoms with Gasteiger partial charge in [-0.3, -0.25) is 4.79 Å². The molecule has 2 rings (SSSR count). The van der Waals surface area contributed by atoms with E-state index in [9.17, 15) is 4.79 Å². The number of alkyl halides is 1. The summed E-state index contributed by atoms with van der Waals surface area (Å²) in [5.41, 5.74) is 1.94. The molecule has 1 heterocycles. The summed E-state index contributed by atoms with van der Waals surface area (Å²) in [6, 6.07) is 8.10. The van der Waals surface area contributed by atoms with Crippen molar-refractivity contribution in [3.8, 4) is 0 Å². The van der Waals surface area contributed by atoms with E-state index in [1.807, 2.05) is 36.0 Å². The van der Waals surface area contributed by atoms with Gasteiger partial charge in [-0.2, -0.15) is 11.8 Å². The van der Waals surface area contributed by atoms with E-state index >= 15 is 0 Å². The average molecular weight is 314 g/mol. The lowest BCUT2D eigenvalue weighted by Crippen LogP contribution is -2.38. The standard InChI is InChI=1S/C13H16BrNOS/c14-8-10-3-5-11(6-4-10)13(16)15-12-2-1-7-17-9-12/h3-6,12H,1-2,7-9H2,(H,15,16). The lowest BCUT2D eigenvalue weighted by molar-refractivity contribution is 0.0938. The maximum Gasteiger partial charge on any atom is 0.251 e. The average Bonchev–Trinajstić information content (AvgIpc) is 2.40. The maximum absolute atomic E-state index is 12.0. The summed E-state index contributed by atoms with van der Waals surface area (Å²) in [5.74, 6) is 2.33. The van der Waals surface area contributed by atoms with Crippen molar-refractivity contribution in [2.75, 3.05) is 11.5 Å². The van der Waals surface area contributed by atoms with Gasteiger partial charge in [0, 0.05) is 22.7 Å². The van der Waals surface area contributed by atoms with Crippen molar-refractivity contribution in [3.63, 3.8) is 0 Å². The molecule has 0 saturated carbocycles. The number of hydrogen-bond donors (Lipinski definition) is 1. The molecule has 0 aromatic heterocycles. The fraction of sp³-hybridized carbons (Fsp3) is 0.462. The van der Waals surface area contributed by atoms with Gasteiger partial charge >= 0.3 is 0 Å². The lowest BCUT2D eigenvalue weighted by atomic mass is 10.1. The molecule has 0 radical (unpaired) electrons. The Morgan fingerprint density at radius 2 is 2.18 bits per heavy atom. The van der Waals surface area contributed by atoms with Crippen LogP contribution in [0.25, 0.3) is 0 Å². The normalized spacial score (nSPS) is 19.9. The summed E-state index contributed by atoms with van der Waals surface area (Å²) >= 11 is 5.32. The Morgan fingerprint density at radius 1 is 1.41 bits per heavy atom. The largest absolute Gasteiger partial charge is 0.348 e. The minimum atomic E-state index is 0.0543. The molecule has 0 bridgehead atoms.